The Bertz CT molecular complexity index is 718. The Hall–Kier alpha value is -2.24. The number of benzene rings is 2. The Morgan fingerprint density at radius 3 is 2.26 bits per heavy atom. The quantitative estimate of drug-likeness (QED) is 0.773. The van der Waals surface area contributed by atoms with Crippen molar-refractivity contribution >= 4 is 35.1 Å². The highest BCUT2D eigenvalue weighted by Gasteiger charge is 2.07. The number of amides is 3. The van der Waals surface area contributed by atoms with Gasteiger partial charge in [-0.2, -0.15) is 0 Å². The molecule has 7 heteroatoms. The lowest BCUT2D eigenvalue weighted by atomic mass is 10.1. The second kappa shape index (κ2) is 7.85. The van der Waals surface area contributed by atoms with E-state index < -0.39 is 6.03 Å². The molecular weight excluding hydrogens is 337 g/mol. The minimum atomic E-state index is -0.591. The fourth-order valence-electron chi connectivity index (χ4n) is 1.91. The van der Waals surface area contributed by atoms with Crippen molar-refractivity contribution in [1.29, 1.82) is 0 Å². The molecule has 0 saturated heterocycles. The zero-order chi connectivity index (χ0) is 16.8. The molecule has 5 nitrogen and oxygen atoms in total. The number of primary amides is 1. The second-order valence-electron chi connectivity index (χ2n) is 4.83. The van der Waals surface area contributed by atoms with Crippen LogP contribution in [0.1, 0.15) is 21.5 Å². The highest BCUT2D eigenvalue weighted by molar-refractivity contribution is 6.35. The monoisotopic (exact) mass is 351 g/mol. The predicted molar refractivity (Wildman–Crippen MR) is 90.5 cm³/mol. The Morgan fingerprint density at radius 1 is 0.957 bits per heavy atom. The van der Waals surface area contributed by atoms with Gasteiger partial charge in [0.1, 0.15) is 0 Å². The van der Waals surface area contributed by atoms with Gasteiger partial charge in [-0.1, -0.05) is 41.4 Å². The summed E-state index contributed by atoms with van der Waals surface area (Å²) in [6.45, 7) is 0.622. The predicted octanol–water partition coefficient (Wildman–Crippen LogP) is 3.09. The lowest BCUT2D eigenvalue weighted by molar-refractivity contribution is 0.0951. The maximum atomic E-state index is 12.1. The van der Waals surface area contributed by atoms with Crippen molar-refractivity contribution in [3.63, 3.8) is 0 Å². The summed E-state index contributed by atoms with van der Waals surface area (Å²) in [6, 6.07) is 11.4. The van der Waals surface area contributed by atoms with Crippen molar-refractivity contribution in [2.45, 2.75) is 13.1 Å². The molecule has 0 aliphatic rings. The Balaban J connectivity index is 1.94. The number of nitrogens with one attached hydrogen (secondary N) is 2. The maximum Gasteiger partial charge on any atom is 0.312 e. The van der Waals surface area contributed by atoms with Crippen LogP contribution in [0.15, 0.2) is 42.5 Å². The topological polar surface area (TPSA) is 84.2 Å². The first kappa shape index (κ1) is 17.1. The molecule has 0 aliphatic carbocycles. The van der Waals surface area contributed by atoms with E-state index in [-0.39, 0.29) is 5.91 Å². The molecule has 2 aromatic carbocycles. The first-order valence-electron chi connectivity index (χ1n) is 6.80. The number of rotatable bonds is 5. The summed E-state index contributed by atoms with van der Waals surface area (Å²) in [5.41, 5.74) is 7.15. The normalized spacial score (nSPS) is 10.2. The van der Waals surface area contributed by atoms with Crippen LogP contribution in [0, 0.1) is 0 Å². The summed E-state index contributed by atoms with van der Waals surface area (Å²) < 4.78 is 0. The lowest BCUT2D eigenvalue weighted by Crippen LogP contribution is -2.28. The van der Waals surface area contributed by atoms with Crippen LogP contribution in [0.5, 0.6) is 0 Å². The molecule has 2 rings (SSSR count). The number of carbonyl (C=O) groups is 2. The van der Waals surface area contributed by atoms with Crippen LogP contribution in [0.25, 0.3) is 0 Å². The fourth-order valence-corrected chi connectivity index (χ4v) is 2.38. The van der Waals surface area contributed by atoms with E-state index in [0.29, 0.717) is 28.7 Å². The highest BCUT2D eigenvalue weighted by atomic mass is 35.5. The van der Waals surface area contributed by atoms with Gasteiger partial charge in [-0.3, -0.25) is 4.79 Å². The lowest BCUT2D eigenvalue weighted by Gasteiger charge is -2.08. The average Bonchev–Trinajstić information content (AvgIpc) is 2.52. The van der Waals surface area contributed by atoms with Crippen LogP contribution in [0.4, 0.5) is 4.79 Å². The number of carbonyl (C=O) groups excluding carboxylic acids is 2. The van der Waals surface area contributed by atoms with Gasteiger partial charge < -0.3 is 16.4 Å². The van der Waals surface area contributed by atoms with E-state index in [1.807, 2.05) is 0 Å². The van der Waals surface area contributed by atoms with Crippen molar-refractivity contribution in [2.75, 3.05) is 0 Å². The second-order valence-corrected chi connectivity index (χ2v) is 5.68. The molecule has 3 amide bonds. The first-order chi connectivity index (χ1) is 11.0. The number of halogens is 2. The van der Waals surface area contributed by atoms with E-state index in [2.05, 4.69) is 10.6 Å². The number of urea groups is 1. The van der Waals surface area contributed by atoms with E-state index in [9.17, 15) is 9.59 Å². The minimum absolute atomic E-state index is 0.217. The van der Waals surface area contributed by atoms with Gasteiger partial charge in [-0.15, -0.1) is 0 Å². The zero-order valence-corrected chi connectivity index (χ0v) is 13.6. The molecule has 0 heterocycles. The SMILES string of the molecule is NC(=O)NCc1ccc(C(=O)NCc2ccc(Cl)cc2Cl)cc1. The summed E-state index contributed by atoms with van der Waals surface area (Å²) in [7, 11) is 0. The Kier molecular flexibility index (Phi) is 5.84. The van der Waals surface area contributed by atoms with E-state index in [1.165, 1.54) is 0 Å². The van der Waals surface area contributed by atoms with Crippen LogP contribution in [-0.2, 0) is 13.1 Å². The van der Waals surface area contributed by atoms with Crippen LogP contribution >= 0.6 is 23.2 Å². The van der Waals surface area contributed by atoms with Crippen molar-refractivity contribution in [1.82, 2.24) is 10.6 Å². The third kappa shape index (κ3) is 5.16. The molecule has 0 aliphatic heterocycles. The average molecular weight is 352 g/mol. The van der Waals surface area contributed by atoms with E-state index in [1.54, 1.807) is 42.5 Å². The van der Waals surface area contributed by atoms with Crippen LogP contribution in [0.2, 0.25) is 10.0 Å². The largest absolute Gasteiger partial charge is 0.352 e. The molecule has 0 atom stereocenters. The standard InChI is InChI=1S/C16H15Cl2N3O2/c17-13-6-5-12(14(18)7-13)9-20-15(22)11-3-1-10(2-4-11)8-21-16(19)23/h1-7H,8-9H2,(H,20,22)(H3,19,21,23). The minimum Gasteiger partial charge on any atom is -0.352 e. The molecule has 2 aromatic rings. The molecule has 4 N–H and O–H groups in total. The van der Waals surface area contributed by atoms with E-state index >= 15 is 0 Å². The summed E-state index contributed by atoms with van der Waals surface area (Å²) in [5, 5.41) is 6.32. The molecular formula is C16H15Cl2N3O2. The van der Waals surface area contributed by atoms with Crippen molar-refractivity contribution in [3.8, 4) is 0 Å². The van der Waals surface area contributed by atoms with Crippen molar-refractivity contribution in [2.24, 2.45) is 5.73 Å². The molecule has 0 bridgehead atoms. The third-order valence-corrected chi connectivity index (χ3v) is 3.72. The Morgan fingerprint density at radius 2 is 1.65 bits per heavy atom. The van der Waals surface area contributed by atoms with Crippen LogP contribution < -0.4 is 16.4 Å². The van der Waals surface area contributed by atoms with Gasteiger partial charge in [-0.05, 0) is 35.4 Å². The molecule has 0 radical (unpaired) electrons. The molecule has 23 heavy (non-hydrogen) atoms. The maximum absolute atomic E-state index is 12.1. The molecule has 0 unspecified atom stereocenters. The highest BCUT2D eigenvalue weighted by Crippen LogP contribution is 2.20. The van der Waals surface area contributed by atoms with Crippen molar-refractivity contribution in [3.05, 3.63) is 69.2 Å². The van der Waals surface area contributed by atoms with Crippen molar-refractivity contribution < 1.29 is 9.59 Å². The van der Waals surface area contributed by atoms with Gasteiger partial charge in [0, 0.05) is 28.7 Å². The molecule has 0 fully saturated rings. The number of nitrogens with two attached hydrogens (primary N) is 1. The Labute approximate surface area is 143 Å². The molecule has 0 aromatic heterocycles. The van der Waals surface area contributed by atoms with Crippen LogP contribution in [0.3, 0.4) is 0 Å². The van der Waals surface area contributed by atoms with Gasteiger partial charge in [0.05, 0.1) is 0 Å². The molecule has 120 valence electrons. The molecule has 0 spiro atoms. The smallest absolute Gasteiger partial charge is 0.312 e. The fraction of sp³-hybridized carbons (Fsp3) is 0.125. The van der Waals surface area contributed by atoms with Crippen LogP contribution in [-0.4, -0.2) is 11.9 Å². The summed E-state index contributed by atoms with van der Waals surface area (Å²) in [4.78, 5) is 22.7. The summed E-state index contributed by atoms with van der Waals surface area (Å²) in [6.07, 6.45) is 0. The molecule has 0 saturated carbocycles. The van der Waals surface area contributed by atoms with Gasteiger partial charge in [0.15, 0.2) is 0 Å². The van der Waals surface area contributed by atoms with Gasteiger partial charge in [-0.25, -0.2) is 4.79 Å². The van der Waals surface area contributed by atoms with Gasteiger partial charge in [0.25, 0.3) is 5.91 Å². The number of hydrogen-bond acceptors (Lipinski definition) is 2. The summed E-state index contributed by atoms with van der Waals surface area (Å²) in [5.74, 6) is -0.217. The van der Waals surface area contributed by atoms with E-state index in [4.69, 9.17) is 28.9 Å². The van der Waals surface area contributed by atoms with Gasteiger partial charge >= 0.3 is 6.03 Å². The van der Waals surface area contributed by atoms with Gasteiger partial charge in [0.2, 0.25) is 0 Å². The third-order valence-electron chi connectivity index (χ3n) is 3.14. The number of hydrogen-bond donors (Lipinski definition) is 3. The van der Waals surface area contributed by atoms with E-state index in [0.717, 1.165) is 11.1 Å². The first-order valence-corrected chi connectivity index (χ1v) is 7.55. The summed E-state index contributed by atoms with van der Waals surface area (Å²) >= 11 is 11.9. The zero-order valence-electron chi connectivity index (χ0n) is 12.1.